The number of nitrogens with zero attached hydrogens (tertiary/aromatic N) is 12. The first-order valence-corrected chi connectivity index (χ1v) is 33.5. The molecule has 0 spiro atoms. The Morgan fingerprint density at radius 2 is 0.700 bits per heavy atom. The second kappa shape index (κ2) is 29.2. The molecule has 6 aromatic heterocycles. The number of fused-ring (bicyclic) bond motifs is 3. The standard InChI is InChI=1S/3C21H25BrClN5O2/c3*1-4-30-18-14(11-15(23)13(3)16(18)27-7-9-29-10-8-27)12(2)21-26-19(22)17-20(24)25-5-6-28(17)21/h3*5-6,11-12H,4,7-10H2,1-3H3,(H2,24,25)/t2*12-;/m10./s1. The van der Waals surface area contributed by atoms with Gasteiger partial charge in [0.25, 0.3) is 0 Å². The van der Waals surface area contributed by atoms with Crippen molar-refractivity contribution in [2.24, 2.45) is 0 Å². The summed E-state index contributed by atoms with van der Waals surface area (Å²) in [5.41, 5.74) is 29.6. The molecule has 3 fully saturated rings. The van der Waals surface area contributed by atoms with Gasteiger partial charge in [-0.05, 0) is 124 Å². The van der Waals surface area contributed by atoms with E-state index in [1.54, 1.807) is 18.6 Å². The largest absolute Gasteiger partial charge is 0.491 e. The van der Waals surface area contributed by atoms with Crippen molar-refractivity contribution in [2.45, 2.75) is 80.1 Å². The zero-order valence-electron chi connectivity index (χ0n) is 51.9. The summed E-state index contributed by atoms with van der Waals surface area (Å²) in [4.78, 5) is 33.7. The number of halogens is 6. The van der Waals surface area contributed by atoms with Crippen LogP contribution in [0.4, 0.5) is 34.5 Å². The molecule has 0 saturated carbocycles. The van der Waals surface area contributed by atoms with E-state index in [4.69, 9.17) is 95.4 Å². The van der Waals surface area contributed by atoms with Crippen molar-refractivity contribution in [3.05, 3.63) is 135 Å². The Kier molecular flexibility index (Phi) is 21.7. The molecule has 0 aliphatic carbocycles. The average molecular weight is 1480 g/mol. The molecule has 0 bridgehead atoms. The van der Waals surface area contributed by atoms with Gasteiger partial charge < -0.3 is 60.3 Å². The monoisotopic (exact) mass is 1480 g/mol. The fraction of sp³-hybridized carbons (Fsp3) is 0.429. The third-order valence-electron chi connectivity index (χ3n) is 16.5. The first-order valence-electron chi connectivity index (χ1n) is 30.0. The van der Waals surface area contributed by atoms with Crippen LogP contribution in [0.25, 0.3) is 16.6 Å². The highest BCUT2D eigenvalue weighted by Crippen LogP contribution is 2.48. The van der Waals surface area contributed by atoms with Crippen LogP contribution in [-0.2, 0) is 14.2 Å². The number of hydrogen-bond acceptors (Lipinski definition) is 18. The van der Waals surface area contributed by atoms with E-state index in [1.165, 1.54) is 0 Å². The van der Waals surface area contributed by atoms with Crippen molar-refractivity contribution in [3.63, 3.8) is 0 Å². The molecule has 3 aliphatic rings. The topological polar surface area (TPSA) is 234 Å². The molecule has 3 aromatic carbocycles. The molecule has 3 atom stereocenters. The number of ether oxygens (including phenoxy) is 6. The second-order valence-electron chi connectivity index (χ2n) is 21.9. The van der Waals surface area contributed by atoms with Crippen LogP contribution in [0.15, 0.2) is 69.2 Å². The van der Waals surface area contributed by atoms with E-state index in [9.17, 15) is 0 Å². The number of nitrogen functional groups attached to an aromatic ring is 3. The molecule has 6 N–H and O–H groups in total. The smallest absolute Gasteiger partial charge is 0.150 e. The van der Waals surface area contributed by atoms with Gasteiger partial charge in [0.15, 0.2) is 17.5 Å². The van der Waals surface area contributed by atoms with Gasteiger partial charge in [0.2, 0.25) is 0 Å². The molecule has 9 heterocycles. The summed E-state index contributed by atoms with van der Waals surface area (Å²) >= 11 is 30.7. The van der Waals surface area contributed by atoms with Crippen molar-refractivity contribution in [1.29, 1.82) is 0 Å². The minimum absolute atomic E-state index is 0.0926. The van der Waals surface area contributed by atoms with Crippen molar-refractivity contribution < 1.29 is 28.4 Å². The highest BCUT2D eigenvalue weighted by molar-refractivity contribution is 9.11. The van der Waals surface area contributed by atoms with E-state index in [0.29, 0.717) is 106 Å². The molecule has 1 unspecified atom stereocenters. The number of hydrogen-bond donors (Lipinski definition) is 3. The summed E-state index contributed by atoms with van der Waals surface area (Å²) in [6.07, 6.45) is 10.6. The maximum absolute atomic E-state index is 6.71. The summed E-state index contributed by atoms with van der Waals surface area (Å²) < 4.78 is 43.2. The minimum atomic E-state index is -0.0926. The van der Waals surface area contributed by atoms with Crippen LogP contribution < -0.4 is 46.1 Å². The average Bonchev–Trinajstić information content (AvgIpc) is 1.38. The predicted molar refractivity (Wildman–Crippen MR) is 369 cm³/mol. The number of imidazole rings is 3. The van der Waals surface area contributed by atoms with Crippen molar-refractivity contribution in [1.82, 2.24) is 43.1 Å². The van der Waals surface area contributed by atoms with Crippen molar-refractivity contribution >= 4 is 134 Å². The first kappa shape index (κ1) is 66.8. The fourth-order valence-electron chi connectivity index (χ4n) is 12.0. The molecule has 3 aliphatic heterocycles. The van der Waals surface area contributed by atoms with Crippen LogP contribution in [0, 0.1) is 20.8 Å². The van der Waals surface area contributed by atoms with Crippen LogP contribution in [0.1, 0.15) is 110 Å². The van der Waals surface area contributed by atoms with Crippen molar-refractivity contribution in [3.8, 4) is 17.2 Å². The fourth-order valence-corrected chi connectivity index (χ4v) is 14.4. The van der Waals surface area contributed by atoms with Crippen LogP contribution in [0.5, 0.6) is 17.2 Å². The lowest BCUT2D eigenvalue weighted by Crippen LogP contribution is -2.37. The van der Waals surface area contributed by atoms with E-state index in [1.807, 2.05) is 91.5 Å². The number of rotatable bonds is 15. The zero-order chi connectivity index (χ0) is 64.2. The molecular weight excluding hydrogens is 1410 g/mol. The van der Waals surface area contributed by atoms with Gasteiger partial charge in [-0.1, -0.05) is 55.6 Å². The quantitative estimate of drug-likeness (QED) is 0.0865. The Bertz CT molecular complexity index is 3650. The molecule has 21 nitrogen and oxygen atoms in total. The van der Waals surface area contributed by atoms with Gasteiger partial charge in [0.1, 0.15) is 65.1 Å². The highest BCUT2D eigenvalue weighted by Gasteiger charge is 2.32. The molecule has 480 valence electrons. The molecule has 90 heavy (non-hydrogen) atoms. The minimum Gasteiger partial charge on any atom is -0.491 e. The van der Waals surface area contributed by atoms with E-state index in [2.05, 4.69) is 98.2 Å². The Hall–Kier alpha value is -6.09. The molecule has 0 radical (unpaired) electrons. The third kappa shape index (κ3) is 13.3. The molecule has 0 amide bonds. The lowest BCUT2D eigenvalue weighted by molar-refractivity contribution is 0.122. The normalized spacial score (nSPS) is 15.6. The number of morpholine rings is 3. The van der Waals surface area contributed by atoms with Gasteiger partial charge >= 0.3 is 0 Å². The number of benzene rings is 3. The molecule has 12 rings (SSSR count). The van der Waals surface area contributed by atoms with Crippen LogP contribution in [0.3, 0.4) is 0 Å². The summed E-state index contributed by atoms with van der Waals surface area (Å²) in [6, 6.07) is 5.99. The van der Waals surface area contributed by atoms with E-state index in [-0.39, 0.29) is 17.8 Å². The predicted octanol–water partition coefficient (Wildman–Crippen LogP) is 13.3. The zero-order valence-corrected chi connectivity index (χ0v) is 58.9. The second-order valence-corrected chi connectivity index (χ2v) is 25.4. The van der Waals surface area contributed by atoms with Gasteiger partial charge in [-0.2, -0.15) is 0 Å². The number of anilines is 6. The molecular formula is C63H75Br3Cl3N15O6. The van der Waals surface area contributed by atoms with Gasteiger partial charge in [-0.15, -0.1) is 0 Å². The highest BCUT2D eigenvalue weighted by atomic mass is 79.9. The lowest BCUT2D eigenvalue weighted by Gasteiger charge is -2.33. The number of nitrogens with two attached hydrogens (primary N) is 3. The Labute approximate surface area is 564 Å². The van der Waals surface area contributed by atoms with Gasteiger partial charge in [-0.25, -0.2) is 29.9 Å². The molecule has 9 aromatic rings. The summed E-state index contributed by atoms with van der Waals surface area (Å²) in [5.74, 6) is 6.06. The lowest BCUT2D eigenvalue weighted by atomic mass is 9.95. The summed E-state index contributed by atoms with van der Waals surface area (Å²) in [6.45, 7) is 29.0. The SMILES string of the molecule is CCOc1c(C(C)c2nc(Br)c3c(N)nccn23)cc(Cl)c(C)c1N1CCOCC1.CCOc1c([C@@H](C)c2nc(Br)c3c(N)nccn23)cc(Cl)c(C)c1N1CCOCC1.CCOc1c([C@H](C)c2nc(Br)c3c(N)nccn23)cc(Cl)c(C)c1N1CCOCC1. The Morgan fingerprint density at radius 1 is 0.456 bits per heavy atom. The Morgan fingerprint density at radius 3 is 0.933 bits per heavy atom. The molecule has 27 heteroatoms. The van der Waals surface area contributed by atoms with Gasteiger partial charge in [-0.3, -0.25) is 13.2 Å². The maximum Gasteiger partial charge on any atom is 0.150 e. The van der Waals surface area contributed by atoms with Crippen LogP contribution in [-0.4, -0.2) is 142 Å². The van der Waals surface area contributed by atoms with Gasteiger partial charge in [0, 0.05) is 126 Å². The van der Waals surface area contributed by atoms with Crippen molar-refractivity contribution in [2.75, 3.05) is 131 Å². The Balaban J connectivity index is 0.000000148. The maximum atomic E-state index is 6.71. The number of aromatic nitrogens is 9. The first-order chi connectivity index (χ1) is 43.3. The van der Waals surface area contributed by atoms with Gasteiger partial charge in [0.05, 0.1) is 76.5 Å². The summed E-state index contributed by atoms with van der Waals surface area (Å²) in [7, 11) is 0. The van der Waals surface area contributed by atoms with Crippen LogP contribution >= 0.6 is 82.6 Å². The third-order valence-corrected chi connectivity index (χ3v) is 19.4. The molecule has 3 saturated heterocycles. The van der Waals surface area contributed by atoms with E-state index < -0.39 is 0 Å². The van der Waals surface area contributed by atoms with Crippen LogP contribution in [0.2, 0.25) is 15.1 Å². The van der Waals surface area contributed by atoms with E-state index >= 15 is 0 Å². The summed E-state index contributed by atoms with van der Waals surface area (Å²) in [5, 5.41) is 2.13. The van der Waals surface area contributed by atoms with E-state index in [0.717, 1.165) is 141 Å².